The molecule has 0 heterocycles. The van der Waals surface area contributed by atoms with Gasteiger partial charge < -0.3 is 14.9 Å². The van der Waals surface area contributed by atoms with Crippen molar-refractivity contribution in [3.8, 4) is 0 Å². The van der Waals surface area contributed by atoms with Crippen molar-refractivity contribution in [2.45, 2.75) is 64.6 Å². The second-order valence-electron chi connectivity index (χ2n) is 9.81. The number of carbonyl (C=O) groups excluding carboxylic acids is 3. The van der Waals surface area contributed by atoms with Gasteiger partial charge in [0.05, 0.1) is 6.10 Å². The van der Waals surface area contributed by atoms with Gasteiger partial charge in [-0.05, 0) is 56.1 Å². The maximum atomic E-state index is 12.9. The van der Waals surface area contributed by atoms with Crippen LogP contribution in [0.4, 0.5) is 0 Å². The zero-order valence-electron chi connectivity index (χ0n) is 17.3. The highest BCUT2D eigenvalue weighted by molar-refractivity contribution is 6.01. The normalized spacial score (nSPS) is 45.7. The van der Waals surface area contributed by atoms with E-state index in [4.69, 9.17) is 4.74 Å². The van der Waals surface area contributed by atoms with E-state index < -0.39 is 35.5 Å². The highest BCUT2D eigenvalue weighted by Crippen LogP contribution is 2.67. The fourth-order valence-electron chi connectivity index (χ4n) is 7.08. The maximum Gasteiger partial charge on any atom is 0.303 e. The number of esters is 1. The molecule has 6 heteroatoms. The van der Waals surface area contributed by atoms with E-state index in [1.165, 1.54) is 6.92 Å². The average molecular weight is 402 g/mol. The molecule has 0 aromatic carbocycles. The Labute approximate surface area is 171 Å². The molecule has 29 heavy (non-hydrogen) atoms. The molecular weight excluding hydrogens is 372 g/mol. The molecule has 0 aliphatic heterocycles. The van der Waals surface area contributed by atoms with E-state index in [1.807, 2.05) is 13.0 Å². The zero-order valence-corrected chi connectivity index (χ0v) is 17.3. The first-order valence-corrected chi connectivity index (χ1v) is 10.5. The van der Waals surface area contributed by atoms with Crippen LogP contribution in [0.5, 0.6) is 0 Å². The average Bonchev–Trinajstić information content (AvgIpc) is 2.91. The van der Waals surface area contributed by atoms with Gasteiger partial charge in [-0.1, -0.05) is 25.5 Å². The number of aliphatic hydroxyl groups excluding tert-OH is 1. The molecule has 0 spiro atoms. The summed E-state index contributed by atoms with van der Waals surface area (Å²) in [5.74, 6) is -0.836. The molecule has 158 valence electrons. The number of hydrogen-bond acceptors (Lipinski definition) is 6. The van der Waals surface area contributed by atoms with Crippen molar-refractivity contribution < 1.29 is 29.3 Å². The Bertz CT molecular complexity index is 827. The summed E-state index contributed by atoms with van der Waals surface area (Å²) in [6.07, 6.45) is 7.50. The molecule has 0 aromatic rings. The van der Waals surface area contributed by atoms with Crippen LogP contribution in [0, 0.1) is 28.6 Å². The van der Waals surface area contributed by atoms with Crippen LogP contribution in [0.15, 0.2) is 23.8 Å². The lowest BCUT2D eigenvalue weighted by Gasteiger charge is -2.59. The monoisotopic (exact) mass is 402 g/mol. The highest BCUT2D eigenvalue weighted by atomic mass is 16.5. The van der Waals surface area contributed by atoms with Crippen molar-refractivity contribution in [2.24, 2.45) is 28.6 Å². The summed E-state index contributed by atoms with van der Waals surface area (Å²) >= 11 is 0. The lowest BCUT2D eigenvalue weighted by Crippen LogP contribution is -2.61. The Morgan fingerprint density at radius 3 is 2.69 bits per heavy atom. The topological polar surface area (TPSA) is 101 Å². The molecule has 4 aliphatic rings. The predicted octanol–water partition coefficient (Wildman–Crippen LogP) is 2.13. The summed E-state index contributed by atoms with van der Waals surface area (Å²) in [4.78, 5) is 35.9. The SMILES string of the molecule is CC(=O)OCC(=O)[C@@]1(O)CC[C@@H]2[C@H]3CCC4=CC(=O)C=C[C@]4(C)[C@@H]3[C@@H](O)C[C@@]21C. The van der Waals surface area contributed by atoms with E-state index in [-0.39, 0.29) is 29.0 Å². The van der Waals surface area contributed by atoms with Crippen LogP contribution >= 0.6 is 0 Å². The van der Waals surface area contributed by atoms with Gasteiger partial charge in [-0.25, -0.2) is 0 Å². The Balaban J connectivity index is 1.66. The number of hydrogen-bond donors (Lipinski definition) is 2. The Hall–Kier alpha value is -1.79. The van der Waals surface area contributed by atoms with E-state index in [0.29, 0.717) is 19.3 Å². The van der Waals surface area contributed by atoms with Crippen LogP contribution in [0.3, 0.4) is 0 Å². The number of Topliss-reactive ketones (excluding diaryl/α,β-unsaturated/α-hetero) is 1. The van der Waals surface area contributed by atoms with E-state index in [9.17, 15) is 24.6 Å². The summed E-state index contributed by atoms with van der Waals surface area (Å²) in [5.41, 5.74) is -1.67. The molecule has 0 aromatic heterocycles. The quantitative estimate of drug-likeness (QED) is 0.702. The minimum absolute atomic E-state index is 0.00243. The standard InChI is InChI=1S/C23H30O6/c1-13(24)29-12-19(27)23(28)9-7-17-16-5-4-14-10-15(25)6-8-21(14,2)20(16)18(26)11-22(17,23)3/h6,8,10,16-18,20,26,28H,4-5,7,9,11-12H2,1-3H3/t16-,17-,18+,20+,21+,22+,23+/m1/s1. The third kappa shape index (κ3) is 2.79. The van der Waals surface area contributed by atoms with Crippen LogP contribution in [0.2, 0.25) is 0 Å². The van der Waals surface area contributed by atoms with E-state index in [0.717, 1.165) is 18.4 Å². The number of rotatable bonds is 3. The molecule has 4 aliphatic carbocycles. The van der Waals surface area contributed by atoms with E-state index >= 15 is 0 Å². The van der Waals surface area contributed by atoms with Crippen molar-refractivity contribution in [1.82, 2.24) is 0 Å². The number of fused-ring (bicyclic) bond motifs is 5. The lowest BCUT2D eigenvalue weighted by atomic mass is 9.46. The number of carbonyl (C=O) groups is 3. The summed E-state index contributed by atoms with van der Waals surface area (Å²) in [5, 5.41) is 22.7. The van der Waals surface area contributed by atoms with Crippen LogP contribution in [-0.4, -0.2) is 46.1 Å². The second kappa shape index (κ2) is 6.61. The first-order chi connectivity index (χ1) is 13.5. The Morgan fingerprint density at radius 1 is 1.28 bits per heavy atom. The minimum Gasteiger partial charge on any atom is -0.458 e. The smallest absolute Gasteiger partial charge is 0.303 e. The molecular formula is C23H30O6. The third-order valence-electron chi connectivity index (χ3n) is 8.52. The molecule has 0 unspecified atom stereocenters. The predicted molar refractivity (Wildman–Crippen MR) is 105 cm³/mol. The number of ketones is 2. The highest BCUT2D eigenvalue weighted by Gasteiger charge is 2.68. The molecule has 2 N–H and O–H groups in total. The molecule has 0 saturated heterocycles. The van der Waals surface area contributed by atoms with Crippen LogP contribution < -0.4 is 0 Å². The number of allylic oxidation sites excluding steroid dienone is 4. The van der Waals surface area contributed by atoms with E-state index in [2.05, 4.69) is 6.92 Å². The Morgan fingerprint density at radius 2 is 2.00 bits per heavy atom. The molecule has 3 saturated carbocycles. The Kier molecular flexibility index (Phi) is 4.67. The van der Waals surface area contributed by atoms with Crippen molar-refractivity contribution >= 4 is 17.5 Å². The zero-order chi connectivity index (χ0) is 21.2. The first kappa shape index (κ1) is 20.5. The molecule has 7 atom stereocenters. The van der Waals surface area contributed by atoms with Crippen molar-refractivity contribution in [2.75, 3.05) is 6.61 Å². The summed E-state index contributed by atoms with van der Waals surface area (Å²) in [6, 6.07) is 0. The largest absolute Gasteiger partial charge is 0.458 e. The fraction of sp³-hybridized carbons (Fsp3) is 0.696. The van der Waals surface area contributed by atoms with Crippen LogP contribution in [0.1, 0.15) is 52.9 Å². The molecule has 3 fully saturated rings. The van der Waals surface area contributed by atoms with Crippen molar-refractivity contribution in [3.05, 3.63) is 23.8 Å². The second-order valence-corrected chi connectivity index (χ2v) is 9.81. The van der Waals surface area contributed by atoms with Gasteiger partial charge in [0.15, 0.2) is 12.4 Å². The van der Waals surface area contributed by atoms with Gasteiger partial charge in [-0.3, -0.25) is 14.4 Å². The molecule has 0 radical (unpaired) electrons. The van der Waals surface area contributed by atoms with Gasteiger partial charge in [0.1, 0.15) is 5.60 Å². The lowest BCUT2D eigenvalue weighted by molar-refractivity contribution is -0.181. The van der Waals surface area contributed by atoms with Crippen LogP contribution in [-0.2, 0) is 19.1 Å². The van der Waals surface area contributed by atoms with Crippen molar-refractivity contribution in [1.29, 1.82) is 0 Å². The van der Waals surface area contributed by atoms with Crippen molar-refractivity contribution in [3.63, 3.8) is 0 Å². The minimum atomic E-state index is -1.60. The van der Waals surface area contributed by atoms with Gasteiger partial charge in [0, 0.05) is 23.7 Å². The number of ether oxygens (including phenoxy) is 1. The van der Waals surface area contributed by atoms with Gasteiger partial charge in [-0.2, -0.15) is 0 Å². The molecule has 0 bridgehead atoms. The fourth-order valence-corrected chi connectivity index (χ4v) is 7.08. The molecule has 4 rings (SSSR count). The maximum absolute atomic E-state index is 12.9. The van der Waals surface area contributed by atoms with Gasteiger partial charge >= 0.3 is 5.97 Å². The first-order valence-electron chi connectivity index (χ1n) is 10.5. The van der Waals surface area contributed by atoms with Gasteiger partial charge in [0.2, 0.25) is 5.78 Å². The van der Waals surface area contributed by atoms with Crippen LogP contribution in [0.25, 0.3) is 0 Å². The van der Waals surface area contributed by atoms with E-state index in [1.54, 1.807) is 12.2 Å². The van der Waals surface area contributed by atoms with Gasteiger partial charge in [0.25, 0.3) is 0 Å². The number of aliphatic hydroxyl groups is 2. The summed E-state index contributed by atoms with van der Waals surface area (Å²) < 4.78 is 4.88. The summed E-state index contributed by atoms with van der Waals surface area (Å²) in [7, 11) is 0. The molecule has 0 amide bonds. The third-order valence-corrected chi connectivity index (χ3v) is 8.52. The molecule has 6 nitrogen and oxygen atoms in total. The van der Waals surface area contributed by atoms with Gasteiger partial charge in [-0.15, -0.1) is 0 Å². The summed E-state index contributed by atoms with van der Waals surface area (Å²) in [6.45, 7) is 4.80.